The van der Waals surface area contributed by atoms with Crippen LogP contribution in [0.25, 0.3) is 0 Å². The summed E-state index contributed by atoms with van der Waals surface area (Å²) in [5.74, 6) is 1.82. The largest absolute Gasteiger partial charge is 0.0718 e. The smallest absolute Gasteiger partial charge is 0.00455 e. The van der Waals surface area contributed by atoms with Gasteiger partial charge in [0.1, 0.15) is 0 Å². The minimum Gasteiger partial charge on any atom is -0.0718 e. The van der Waals surface area contributed by atoms with E-state index in [1.54, 1.807) is 5.57 Å². The first kappa shape index (κ1) is 7.92. The Morgan fingerprint density at radius 2 is 1.75 bits per heavy atom. The summed E-state index contributed by atoms with van der Waals surface area (Å²) in [6.07, 6.45) is 5.69. The Kier molecular flexibility index (Phi) is 1.97. The fourth-order valence-electron chi connectivity index (χ4n) is 2.20. The predicted octanol–water partition coefficient (Wildman–Crippen LogP) is 3.45. The third kappa shape index (κ3) is 1.41. The molecule has 0 aliphatic heterocycles. The average molecular weight is 160 g/mol. The van der Waals surface area contributed by atoms with Crippen molar-refractivity contribution in [3.05, 3.63) is 22.6 Å². The predicted molar refractivity (Wildman–Crippen MR) is 50.8 cm³/mol. The summed E-state index contributed by atoms with van der Waals surface area (Å²) < 4.78 is 0. The Bertz CT molecular complexity index is 265. The van der Waals surface area contributed by atoms with Crippen LogP contribution in [0.15, 0.2) is 22.6 Å². The first-order valence-corrected chi connectivity index (χ1v) is 4.98. The molecule has 0 heterocycles. The van der Waals surface area contributed by atoms with Crippen LogP contribution in [0, 0.1) is 11.8 Å². The highest BCUT2D eigenvalue weighted by Crippen LogP contribution is 2.54. The molecular weight excluding hydrogens is 144 g/mol. The molecule has 0 heteroatoms. The minimum absolute atomic E-state index is 0.908. The molecule has 0 aromatic heterocycles. The summed E-state index contributed by atoms with van der Waals surface area (Å²) in [6.45, 7) is 4.17. The molecule has 0 aromatic carbocycles. The summed E-state index contributed by atoms with van der Waals surface area (Å²) >= 11 is 0. The van der Waals surface area contributed by atoms with Crippen molar-refractivity contribution in [3.8, 4) is 0 Å². The molecule has 0 radical (unpaired) electrons. The monoisotopic (exact) mass is 160 g/mol. The summed E-state index contributed by atoms with van der Waals surface area (Å²) in [5.41, 5.74) is 9.33. The van der Waals surface area contributed by atoms with Crippen molar-refractivity contribution < 1.29 is 0 Å². The van der Waals surface area contributed by atoms with E-state index in [0.717, 1.165) is 11.8 Å². The third-order valence-corrected chi connectivity index (χ3v) is 2.91. The van der Waals surface area contributed by atoms with E-state index < -0.39 is 0 Å². The molecule has 0 aromatic rings. The van der Waals surface area contributed by atoms with Gasteiger partial charge in [-0.15, -0.1) is 0 Å². The second-order valence-corrected chi connectivity index (χ2v) is 4.20. The van der Waals surface area contributed by atoms with E-state index in [4.69, 9.17) is 0 Å². The highest BCUT2D eigenvalue weighted by molar-refractivity contribution is 5.30. The quantitative estimate of drug-likeness (QED) is 0.476. The number of fused-ring (bicyclic) bond motifs is 1. The molecule has 0 amide bonds. The Morgan fingerprint density at radius 1 is 1.17 bits per heavy atom. The molecule has 64 valence electrons. The third-order valence-electron chi connectivity index (χ3n) is 2.91. The second kappa shape index (κ2) is 2.98. The van der Waals surface area contributed by atoms with Crippen LogP contribution in [-0.4, -0.2) is 0 Å². The summed E-state index contributed by atoms with van der Waals surface area (Å²) in [4.78, 5) is 0. The van der Waals surface area contributed by atoms with Gasteiger partial charge in [0, 0.05) is 0 Å². The van der Waals surface area contributed by atoms with E-state index in [0.29, 0.717) is 0 Å². The van der Waals surface area contributed by atoms with Crippen LogP contribution in [0.1, 0.15) is 39.5 Å². The molecule has 2 aliphatic rings. The Morgan fingerprint density at radius 3 is 2.25 bits per heavy atom. The van der Waals surface area contributed by atoms with Gasteiger partial charge in [-0.05, 0) is 49.7 Å². The van der Waals surface area contributed by atoms with Gasteiger partial charge in [-0.1, -0.05) is 24.3 Å². The van der Waals surface area contributed by atoms with Gasteiger partial charge in [-0.2, -0.15) is 0 Å². The normalized spacial score (nSPS) is 31.7. The van der Waals surface area contributed by atoms with Gasteiger partial charge in [-0.25, -0.2) is 0 Å². The lowest BCUT2D eigenvalue weighted by Crippen LogP contribution is -1.91. The molecule has 2 saturated carbocycles. The minimum atomic E-state index is 0.908. The molecular formula is C12H16. The highest BCUT2D eigenvalue weighted by Gasteiger charge is 2.44. The lowest BCUT2D eigenvalue weighted by molar-refractivity contribution is 0.480. The van der Waals surface area contributed by atoms with Crippen LogP contribution in [0.4, 0.5) is 0 Å². The van der Waals surface area contributed by atoms with Crippen molar-refractivity contribution in [2.45, 2.75) is 39.5 Å². The molecule has 0 nitrogen and oxygen atoms in total. The molecule has 0 bridgehead atoms. The van der Waals surface area contributed by atoms with Crippen molar-refractivity contribution in [2.24, 2.45) is 11.8 Å². The van der Waals surface area contributed by atoms with Gasteiger partial charge in [0.15, 0.2) is 0 Å². The molecule has 0 N–H and O–H groups in total. The molecule has 2 aliphatic carbocycles. The molecule has 0 saturated heterocycles. The fourth-order valence-corrected chi connectivity index (χ4v) is 2.20. The summed E-state index contributed by atoms with van der Waals surface area (Å²) in [5, 5.41) is 0. The second-order valence-electron chi connectivity index (χ2n) is 4.20. The SMILES string of the molecule is CC(C)=C=C=C1C2CCCCC12. The van der Waals surface area contributed by atoms with Crippen molar-refractivity contribution in [2.75, 3.05) is 0 Å². The lowest BCUT2D eigenvalue weighted by atomic mass is 10.0. The van der Waals surface area contributed by atoms with Crippen LogP contribution < -0.4 is 0 Å². The van der Waals surface area contributed by atoms with Gasteiger partial charge >= 0.3 is 0 Å². The Hall–Kier alpha value is -0.700. The van der Waals surface area contributed by atoms with Crippen molar-refractivity contribution >= 4 is 0 Å². The first-order valence-electron chi connectivity index (χ1n) is 4.98. The first-order chi connectivity index (χ1) is 5.79. The van der Waals surface area contributed by atoms with Crippen LogP contribution in [0.2, 0.25) is 0 Å². The van der Waals surface area contributed by atoms with Crippen LogP contribution >= 0.6 is 0 Å². The maximum atomic E-state index is 3.33. The van der Waals surface area contributed by atoms with E-state index in [1.807, 2.05) is 0 Å². The van der Waals surface area contributed by atoms with E-state index in [9.17, 15) is 0 Å². The highest BCUT2D eigenvalue weighted by atomic mass is 14.5. The molecule has 2 unspecified atom stereocenters. The van der Waals surface area contributed by atoms with Crippen molar-refractivity contribution in [1.29, 1.82) is 0 Å². The summed E-state index contributed by atoms with van der Waals surface area (Å²) in [7, 11) is 0. The molecule has 2 fully saturated rings. The lowest BCUT2D eigenvalue weighted by Gasteiger charge is -2.03. The van der Waals surface area contributed by atoms with Crippen LogP contribution in [0.3, 0.4) is 0 Å². The number of hydrogen-bond donors (Lipinski definition) is 0. The zero-order chi connectivity index (χ0) is 8.55. The summed E-state index contributed by atoms with van der Waals surface area (Å²) in [6, 6.07) is 0. The van der Waals surface area contributed by atoms with Crippen molar-refractivity contribution in [1.82, 2.24) is 0 Å². The van der Waals surface area contributed by atoms with Crippen LogP contribution in [-0.2, 0) is 0 Å². The fraction of sp³-hybridized carbons (Fsp3) is 0.667. The average Bonchev–Trinajstić information content (AvgIpc) is 2.74. The maximum Gasteiger partial charge on any atom is -0.00455 e. The topological polar surface area (TPSA) is 0 Å². The Balaban J connectivity index is 2.19. The van der Waals surface area contributed by atoms with E-state index in [1.165, 1.54) is 31.3 Å². The molecule has 2 rings (SSSR count). The number of hydrogen-bond acceptors (Lipinski definition) is 0. The van der Waals surface area contributed by atoms with Gasteiger partial charge < -0.3 is 0 Å². The van der Waals surface area contributed by atoms with E-state index >= 15 is 0 Å². The number of rotatable bonds is 0. The van der Waals surface area contributed by atoms with Gasteiger partial charge in [0.05, 0.1) is 0 Å². The van der Waals surface area contributed by atoms with E-state index in [2.05, 4.69) is 25.3 Å². The van der Waals surface area contributed by atoms with Crippen molar-refractivity contribution in [3.63, 3.8) is 0 Å². The zero-order valence-corrected chi connectivity index (χ0v) is 7.98. The molecule has 12 heavy (non-hydrogen) atoms. The van der Waals surface area contributed by atoms with Gasteiger partial charge in [-0.3, -0.25) is 0 Å². The van der Waals surface area contributed by atoms with Gasteiger partial charge in [0.2, 0.25) is 0 Å². The van der Waals surface area contributed by atoms with E-state index in [-0.39, 0.29) is 0 Å². The van der Waals surface area contributed by atoms with Gasteiger partial charge in [0.25, 0.3) is 0 Å². The maximum absolute atomic E-state index is 3.33. The van der Waals surface area contributed by atoms with Crippen LogP contribution in [0.5, 0.6) is 0 Å². The number of allylic oxidation sites excluding steroid dienone is 2. The molecule has 0 spiro atoms. The standard InChI is InChI=1S/C12H16/c1-9(2)7-8-12-10-5-3-4-6-11(10)12/h10-11H,3-6H2,1-2H3. The zero-order valence-electron chi connectivity index (χ0n) is 7.98. The Labute approximate surface area is 74.7 Å². The molecule has 2 atom stereocenters.